The number of ether oxygens (including phenoxy) is 1. The van der Waals surface area contributed by atoms with Gasteiger partial charge in [-0.1, -0.05) is 6.07 Å². The van der Waals surface area contributed by atoms with E-state index in [1.165, 1.54) is 0 Å². The number of nitrogens with zero attached hydrogens (tertiary/aromatic N) is 3. The van der Waals surface area contributed by atoms with Crippen molar-refractivity contribution >= 4 is 0 Å². The molecular formula is C13H16N4O. The fourth-order valence-electron chi connectivity index (χ4n) is 1.80. The molecule has 5 heteroatoms. The third-order valence-electron chi connectivity index (χ3n) is 2.71. The molecule has 0 aliphatic heterocycles. The Labute approximate surface area is 106 Å². The van der Waals surface area contributed by atoms with Crippen LogP contribution in [0, 0.1) is 6.92 Å². The number of methoxy groups -OCH3 is 1. The molecule has 0 aliphatic carbocycles. The second-order valence-corrected chi connectivity index (χ2v) is 3.91. The Bertz CT molecular complexity index is 513. The van der Waals surface area contributed by atoms with Crippen LogP contribution in [0.15, 0.2) is 30.7 Å². The van der Waals surface area contributed by atoms with E-state index in [4.69, 9.17) is 4.74 Å². The highest BCUT2D eigenvalue weighted by molar-refractivity contribution is 5.31. The van der Waals surface area contributed by atoms with Crippen molar-refractivity contribution in [3.63, 3.8) is 0 Å². The van der Waals surface area contributed by atoms with Gasteiger partial charge in [0.1, 0.15) is 5.69 Å². The van der Waals surface area contributed by atoms with Crippen molar-refractivity contribution in [1.82, 2.24) is 20.3 Å². The third kappa shape index (κ3) is 2.46. The van der Waals surface area contributed by atoms with E-state index in [0.29, 0.717) is 5.88 Å². The molecule has 94 valence electrons. The fraction of sp³-hybridized carbons (Fsp3) is 0.308. The Morgan fingerprint density at radius 1 is 1.17 bits per heavy atom. The number of hydrogen-bond donors (Lipinski definition) is 1. The van der Waals surface area contributed by atoms with Crippen molar-refractivity contribution in [1.29, 1.82) is 0 Å². The van der Waals surface area contributed by atoms with Gasteiger partial charge in [-0.3, -0.25) is 9.97 Å². The zero-order valence-electron chi connectivity index (χ0n) is 10.7. The summed E-state index contributed by atoms with van der Waals surface area (Å²) in [5, 5.41) is 3.21. The quantitative estimate of drug-likeness (QED) is 0.883. The van der Waals surface area contributed by atoms with Crippen LogP contribution < -0.4 is 10.1 Å². The Hall–Kier alpha value is -2.01. The van der Waals surface area contributed by atoms with Gasteiger partial charge in [0.2, 0.25) is 5.88 Å². The highest BCUT2D eigenvalue weighted by Crippen LogP contribution is 2.25. The van der Waals surface area contributed by atoms with Gasteiger partial charge in [-0.25, -0.2) is 4.98 Å². The molecule has 2 aromatic heterocycles. The summed E-state index contributed by atoms with van der Waals surface area (Å²) in [5.41, 5.74) is 2.77. The Balaban J connectivity index is 2.41. The summed E-state index contributed by atoms with van der Waals surface area (Å²) in [6.45, 7) is 1.96. The molecule has 5 nitrogen and oxygen atoms in total. The Morgan fingerprint density at radius 2 is 1.94 bits per heavy atom. The van der Waals surface area contributed by atoms with E-state index in [0.717, 1.165) is 17.0 Å². The second kappa shape index (κ2) is 5.55. The van der Waals surface area contributed by atoms with Crippen molar-refractivity contribution in [2.24, 2.45) is 0 Å². The third-order valence-corrected chi connectivity index (χ3v) is 2.71. The molecule has 0 radical (unpaired) electrons. The molecular weight excluding hydrogens is 228 g/mol. The normalized spacial score (nSPS) is 12.2. The summed E-state index contributed by atoms with van der Waals surface area (Å²) in [5.74, 6) is 0.525. The zero-order valence-corrected chi connectivity index (χ0v) is 10.7. The lowest BCUT2D eigenvalue weighted by molar-refractivity contribution is 0.384. The predicted octanol–water partition coefficient (Wildman–Crippen LogP) is 1.50. The van der Waals surface area contributed by atoms with Crippen molar-refractivity contribution in [2.75, 3.05) is 14.2 Å². The number of aromatic nitrogens is 3. The molecule has 1 atom stereocenters. The average molecular weight is 244 g/mol. The van der Waals surface area contributed by atoms with Gasteiger partial charge in [-0.15, -0.1) is 0 Å². The van der Waals surface area contributed by atoms with Crippen molar-refractivity contribution in [3.05, 3.63) is 47.7 Å². The minimum Gasteiger partial charge on any atom is -0.480 e. The monoisotopic (exact) mass is 244 g/mol. The SMILES string of the molecule is CNC(c1ccc(C)nc1)c1nccnc1OC. The first kappa shape index (κ1) is 12.4. The van der Waals surface area contributed by atoms with Crippen molar-refractivity contribution < 1.29 is 4.74 Å². The van der Waals surface area contributed by atoms with Gasteiger partial charge in [0.25, 0.3) is 0 Å². The van der Waals surface area contributed by atoms with Crippen LogP contribution in [-0.4, -0.2) is 29.1 Å². The van der Waals surface area contributed by atoms with Crippen molar-refractivity contribution in [2.45, 2.75) is 13.0 Å². The minimum absolute atomic E-state index is 0.0817. The lowest BCUT2D eigenvalue weighted by atomic mass is 10.1. The molecule has 18 heavy (non-hydrogen) atoms. The van der Waals surface area contributed by atoms with Gasteiger partial charge < -0.3 is 10.1 Å². The van der Waals surface area contributed by atoms with Crippen LogP contribution in [0.2, 0.25) is 0 Å². The minimum atomic E-state index is -0.0817. The summed E-state index contributed by atoms with van der Waals surface area (Å²) in [7, 11) is 3.46. The molecule has 1 N–H and O–H groups in total. The molecule has 0 bridgehead atoms. The standard InChI is InChI=1S/C13H16N4O/c1-9-4-5-10(8-17-9)11(14-2)12-13(18-3)16-7-6-15-12/h4-8,11,14H,1-3H3. The van der Waals surface area contributed by atoms with Crippen LogP contribution in [0.3, 0.4) is 0 Å². The number of nitrogens with one attached hydrogen (secondary N) is 1. The molecule has 1 unspecified atom stereocenters. The first-order valence-electron chi connectivity index (χ1n) is 5.71. The van der Waals surface area contributed by atoms with Crippen LogP contribution in [-0.2, 0) is 0 Å². The van der Waals surface area contributed by atoms with Gasteiger partial charge in [0, 0.05) is 24.3 Å². The highest BCUT2D eigenvalue weighted by atomic mass is 16.5. The predicted molar refractivity (Wildman–Crippen MR) is 68.5 cm³/mol. The molecule has 0 saturated heterocycles. The highest BCUT2D eigenvalue weighted by Gasteiger charge is 2.18. The molecule has 0 amide bonds. The van der Waals surface area contributed by atoms with Crippen LogP contribution in [0.25, 0.3) is 0 Å². The fourth-order valence-corrected chi connectivity index (χ4v) is 1.80. The lowest BCUT2D eigenvalue weighted by Gasteiger charge is -2.17. The second-order valence-electron chi connectivity index (χ2n) is 3.91. The van der Waals surface area contributed by atoms with Crippen LogP contribution in [0.1, 0.15) is 23.0 Å². The molecule has 2 aromatic rings. The van der Waals surface area contributed by atoms with Gasteiger partial charge in [0.15, 0.2) is 0 Å². The molecule has 0 saturated carbocycles. The Kier molecular flexibility index (Phi) is 3.84. The van der Waals surface area contributed by atoms with Crippen molar-refractivity contribution in [3.8, 4) is 5.88 Å². The maximum atomic E-state index is 5.24. The summed E-state index contributed by atoms with van der Waals surface area (Å²) in [4.78, 5) is 12.8. The molecule has 0 fully saturated rings. The largest absolute Gasteiger partial charge is 0.480 e. The van der Waals surface area contributed by atoms with Crippen LogP contribution in [0.5, 0.6) is 5.88 Å². The molecule has 2 heterocycles. The first-order valence-corrected chi connectivity index (χ1v) is 5.71. The first-order chi connectivity index (χ1) is 8.76. The molecule has 0 aromatic carbocycles. The molecule has 2 rings (SSSR count). The lowest BCUT2D eigenvalue weighted by Crippen LogP contribution is -2.20. The van der Waals surface area contributed by atoms with E-state index >= 15 is 0 Å². The van der Waals surface area contributed by atoms with E-state index in [9.17, 15) is 0 Å². The maximum Gasteiger partial charge on any atom is 0.237 e. The number of hydrogen-bond acceptors (Lipinski definition) is 5. The smallest absolute Gasteiger partial charge is 0.237 e. The van der Waals surface area contributed by atoms with E-state index in [-0.39, 0.29) is 6.04 Å². The molecule has 0 aliphatic rings. The van der Waals surface area contributed by atoms with Gasteiger partial charge in [-0.2, -0.15) is 0 Å². The van der Waals surface area contributed by atoms with Crippen LogP contribution >= 0.6 is 0 Å². The van der Waals surface area contributed by atoms with Gasteiger partial charge in [-0.05, 0) is 25.6 Å². The topological polar surface area (TPSA) is 59.9 Å². The maximum absolute atomic E-state index is 5.24. The molecule has 0 spiro atoms. The zero-order chi connectivity index (χ0) is 13.0. The van der Waals surface area contributed by atoms with E-state index in [1.54, 1.807) is 19.5 Å². The number of rotatable bonds is 4. The van der Waals surface area contributed by atoms with Gasteiger partial charge >= 0.3 is 0 Å². The van der Waals surface area contributed by atoms with Crippen LogP contribution in [0.4, 0.5) is 0 Å². The summed E-state index contributed by atoms with van der Waals surface area (Å²) < 4.78 is 5.24. The number of aryl methyl sites for hydroxylation is 1. The van der Waals surface area contributed by atoms with E-state index in [2.05, 4.69) is 20.3 Å². The summed E-state index contributed by atoms with van der Waals surface area (Å²) >= 11 is 0. The van der Waals surface area contributed by atoms with E-state index in [1.807, 2.05) is 32.3 Å². The summed E-state index contributed by atoms with van der Waals surface area (Å²) in [6, 6.07) is 3.92. The Morgan fingerprint density at radius 3 is 2.56 bits per heavy atom. The van der Waals surface area contributed by atoms with E-state index < -0.39 is 0 Å². The number of pyridine rings is 1. The van der Waals surface area contributed by atoms with Gasteiger partial charge in [0.05, 0.1) is 13.2 Å². The average Bonchev–Trinajstić information content (AvgIpc) is 2.42. The summed E-state index contributed by atoms with van der Waals surface area (Å²) in [6.07, 6.45) is 5.11.